The molecule has 0 bridgehead atoms. The van der Waals surface area contributed by atoms with Crippen LogP contribution in [0.25, 0.3) is 21.3 Å². The van der Waals surface area contributed by atoms with Crippen molar-refractivity contribution in [2.75, 3.05) is 11.9 Å². The molecular weight excluding hydrogens is 310 g/mol. The van der Waals surface area contributed by atoms with Gasteiger partial charge in [0.2, 0.25) is 0 Å². The quantitative estimate of drug-likeness (QED) is 0.603. The number of aromatic nitrogens is 4. The van der Waals surface area contributed by atoms with Gasteiger partial charge in [0.05, 0.1) is 12.4 Å². The lowest BCUT2D eigenvalue weighted by atomic mass is 10.1. The Kier molecular flexibility index (Phi) is 3.44. The summed E-state index contributed by atoms with van der Waals surface area (Å²) in [5.74, 6) is 0.634. The van der Waals surface area contributed by atoms with Crippen molar-refractivity contribution in [1.29, 1.82) is 0 Å². The predicted octanol–water partition coefficient (Wildman–Crippen LogP) is 2.72. The van der Waals surface area contributed by atoms with Crippen molar-refractivity contribution >= 4 is 38.4 Å². The number of thiophene rings is 1. The van der Waals surface area contributed by atoms with Gasteiger partial charge in [-0.25, -0.2) is 15.0 Å². The summed E-state index contributed by atoms with van der Waals surface area (Å²) < 4.78 is 3.01. The molecule has 0 aliphatic heterocycles. The van der Waals surface area contributed by atoms with Crippen LogP contribution in [-0.4, -0.2) is 31.2 Å². The third kappa shape index (κ3) is 2.43. The molecule has 116 valence electrons. The van der Waals surface area contributed by atoms with E-state index in [-0.39, 0.29) is 0 Å². The van der Waals surface area contributed by atoms with E-state index in [1.807, 2.05) is 35.2 Å². The summed E-state index contributed by atoms with van der Waals surface area (Å²) in [5, 5.41) is 16.8. The molecule has 1 atom stereocenters. The van der Waals surface area contributed by atoms with Gasteiger partial charge in [-0.3, -0.25) is 0 Å². The molecule has 3 aromatic heterocycles. The molecule has 0 fully saturated rings. The van der Waals surface area contributed by atoms with E-state index in [0.717, 1.165) is 16.6 Å². The summed E-state index contributed by atoms with van der Waals surface area (Å²) in [6.07, 6.45) is 2.59. The molecule has 6 nitrogen and oxygen atoms in total. The Morgan fingerprint density at radius 3 is 3.04 bits per heavy atom. The Bertz CT molecular complexity index is 977. The van der Waals surface area contributed by atoms with Crippen LogP contribution in [0.4, 0.5) is 5.82 Å². The molecule has 0 amide bonds. The number of hydrogen-bond donors (Lipinski definition) is 2. The maximum atomic E-state index is 10.5. The highest BCUT2D eigenvalue weighted by Crippen LogP contribution is 2.30. The molecule has 0 saturated heterocycles. The summed E-state index contributed by atoms with van der Waals surface area (Å²) in [6, 6.07) is 8.09. The van der Waals surface area contributed by atoms with Gasteiger partial charge in [0.25, 0.3) is 0 Å². The molecule has 4 aromatic rings. The second-order valence-corrected chi connectivity index (χ2v) is 6.25. The van der Waals surface area contributed by atoms with Gasteiger partial charge in [-0.15, -0.1) is 11.3 Å². The Hall–Kier alpha value is -2.51. The van der Waals surface area contributed by atoms with Gasteiger partial charge in [-0.2, -0.15) is 0 Å². The van der Waals surface area contributed by atoms with Crippen molar-refractivity contribution < 1.29 is 5.11 Å². The molecule has 0 spiro atoms. The van der Waals surface area contributed by atoms with E-state index in [1.54, 1.807) is 17.7 Å². The Morgan fingerprint density at radius 2 is 2.13 bits per heavy atom. The van der Waals surface area contributed by atoms with Crippen molar-refractivity contribution in [2.24, 2.45) is 7.05 Å². The third-order valence-corrected chi connectivity index (χ3v) is 4.81. The van der Waals surface area contributed by atoms with Gasteiger partial charge < -0.3 is 15.0 Å². The average molecular weight is 325 g/mol. The van der Waals surface area contributed by atoms with Crippen LogP contribution in [0.15, 0.2) is 42.3 Å². The maximum Gasteiger partial charge on any atom is 0.165 e. The minimum atomic E-state index is -0.611. The summed E-state index contributed by atoms with van der Waals surface area (Å²) in [7, 11) is 1.89. The fourth-order valence-electron chi connectivity index (χ4n) is 2.63. The van der Waals surface area contributed by atoms with E-state index in [9.17, 15) is 5.11 Å². The molecule has 0 aliphatic carbocycles. The summed E-state index contributed by atoms with van der Waals surface area (Å²) >= 11 is 1.64. The second-order valence-electron chi connectivity index (χ2n) is 5.33. The number of hydrogen-bond acceptors (Lipinski definition) is 6. The fourth-order valence-corrected chi connectivity index (χ4v) is 3.64. The number of rotatable bonds is 4. The molecule has 0 saturated carbocycles. The third-order valence-electron chi connectivity index (χ3n) is 3.83. The van der Waals surface area contributed by atoms with Crippen LogP contribution in [-0.2, 0) is 7.05 Å². The number of aryl methyl sites for hydroxylation is 1. The van der Waals surface area contributed by atoms with Crippen molar-refractivity contribution in [3.63, 3.8) is 0 Å². The van der Waals surface area contributed by atoms with E-state index < -0.39 is 6.10 Å². The molecule has 3 heterocycles. The summed E-state index contributed by atoms with van der Waals surface area (Å²) in [4.78, 5) is 12.7. The fraction of sp³-hybridized carbons (Fsp3) is 0.188. The lowest BCUT2D eigenvalue weighted by molar-refractivity contribution is 0.193. The normalized spacial score (nSPS) is 12.8. The zero-order valence-electron chi connectivity index (χ0n) is 12.5. The van der Waals surface area contributed by atoms with E-state index >= 15 is 0 Å². The van der Waals surface area contributed by atoms with E-state index in [2.05, 4.69) is 26.3 Å². The maximum absolute atomic E-state index is 10.5. The number of aliphatic hydroxyl groups is 1. The number of aliphatic hydroxyl groups excluding tert-OH is 1. The van der Waals surface area contributed by atoms with Crippen LogP contribution in [0.3, 0.4) is 0 Å². The molecule has 2 N–H and O–H groups in total. The first-order chi connectivity index (χ1) is 11.2. The SMILES string of the molecule is Cn1cnc2c(NCC(O)c3csc4ccccc34)ncnc21. The number of benzene rings is 1. The van der Waals surface area contributed by atoms with E-state index in [0.29, 0.717) is 17.9 Å². The van der Waals surface area contributed by atoms with Crippen LogP contribution in [0.2, 0.25) is 0 Å². The molecular formula is C16H15N5OS. The molecule has 0 aliphatic rings. The number of imidazole rings is 1. The van der Waals surface area contributed by atoms with E-state index in [1.165, 1.54) is 11.0 Å². The minimum absolute atomic E-state index is 0.364. The van der Waals surface area contributed by atoms with Gasteiger partial charge in [-0.05, 0) is 16.8 Å². The predicted molar refractivity (Wildman–Crippen MR) is 91.6 cm³/mol. The van der Waals surface area contributed by atoms with Crippen molar-refractivity contribution in [2.45, 2.75) is 6.10 Å². The van der Waals surface area contributed by atoms with Crippen LogP contribution >= 0.6 is 11.3 Å². The lowest BCUT2D eigenvalue weighted by Gasteiger charge is -2.12. The van der Waals surface area contributed by atoms with E-state index in [4.69, 9.17) is 0 Å². The topological polar surface area (TPSA) is 75.9 Å². The Balaban J connectivity index is 1.58. The number of nitrogens with zero attached hydrogens (tertiary/aromatic N) is 4. The highest BCUT2D eigenvalue weighted by atomic mass is 32.1. The van der Waals surface area contributed by atoms with Gasteiger partial charge >= 0.3 is 0 Å². The number of anilines is 1. The van der Waals surface area contributed by atoms with Crippen LogP contribution < -0.4 is 5.32 Å². The van der Waals surface area contributed by atoms with Gasteiger partial charge in [-0.1, -0.05) is 18.2 Å². The molecule has 1 aromatic carbocycles. The van der Waals surface area contributed by atoms with Gasteiger partial charge in [0.1, 0.15) is 11.8 Å². The zero-order chi connectivity index (χ0) is 15.8. The second kappa shape index (κ2) is 5.60. The minimum Gasteiger partial charge on any atom is -0.387 e. The van der Waals surface area contributed by atoms with Crippen LogP contribution in [0, 0.1) is 0 Å². The first-order valence-electron chi connectivity index (χ1n) is 7.24. The highest BCUT2D eigenvalue weighted by Gasteiger charge is 2.14. The Labute approximate surface area is 136 Å². The monoisotopic (exact) mass is 325 g/mol. The summed E-state index contributed by atoms with van der Waals surface area (Å²) in [5.41, 5.74) is 2.40. The molecule has 1 unspecified atom stereocenters. The smallest absolute Gasteiger partial charge is 0.165 e. The highest BCUT2D eigenvalue weighted by molar-refractivity contribution is 7.17. The van der Waals surface area contributed by atoms with Crippen LogP contribution in [0.1, 0.15) is 11.7 Å². The molecule has 4 rings (SSSR count). The zero-order valence-corrected chi connectivity index (χ0v) is 13.3. The largest absolute Gasteiger partial charge is 0.387 e. The van der Waals surface area contributed by atoms with Crippen molar-refractivity contribution in [3.8, 4) is 0 Å². The van der Waals surface area contributed by atoms with Gasteiger partial charge in [0.15, 0.2) is 11.5 Å². The van der Waals surface area contributed by atoms with Crippen LogP contribution in [0.5, 0.6) is 0 Å². The first kappa shape index (κ1) is 14.1. The Morgan fingerprint density at radius 1 is 1.26 bits per heavy atom. The molecule has 7 heteroatoms. The van der Waals surface area contributed by atoms with Gasteiger partial charge in [0, 0.05) is 23.9 Å². The molecule has 0 radical (unpaired) electrons. The average Bonchev–Trinajstić information content (AvgIpc) is 3.17. The first-order valence-corrected chi connectivity index (χ1v) is 8.12. The van der Waals surface area contributed by atoms with Crippen molar-refractivity contribution in [3.05, 3.63) is 47.9 Å². The van der Waals surface area contributed by atoms with Crippen molar-refractivity contribution in [1.82, 2.24) is 19.5 Å². The number of nitrogens with one attached hydrogen (secondary N) is 1. The standard InChI is InChI=1S/C16H15N5OS/c1-21-9-20-14-15(18-8-19-16(14)21)17-6-12(22)11-7-23-13-5-3-2-4-10(11)13/h2-5,7-9,12,22H,6H2,1H3,(H,17,18,19). The summed E-state index contributed by atoms with van der Waals surface area (Å²) in [6.45, 7) is 0.364. The molecule has 23 heavy (non-hydrogen) atoms. The number of fused-ring (bicyclic) bond motifs is 2. The lowest BCUT2D eigenvalue weighted by Crippen LogP contribution is -2.13.